The molecule has 1 aliphatic heterocycles. The number of hydrogen-bond acceptors (Lipinski definition) is 5. The summed E-state index contributed by atoms with van der Waals surface area (Å²) in [5, 5.41) is 0. The summed E-state index contributed by atoms with van der Waals surface area (Å²) in [6.45, 7) is 0.950. The van der Waals surface area contributed by atoms with Crippen LogP contribution < -0.4 is 4.74 Å². The van der Waals surface area contributed by atoms with E-state index in [4.69, 9.17) is 9.47 Å². The van der Waals surface area contributed by atoms with Crippen molar-refractivity contribution in [1.29, 1.82) is 0 Å². The van der Waals surface area contributed by atoms with Crippen LogP contribution in [0.3, 0.4) is 0 Å². The molecule has 2 heterocycles. The van der Waals surface area contributed by atoms with E-state index in [-0.39, 0.29) is 12.5 Å². The van der Waals surface area contributed by atoms with Gasteiger partial charge in [-0.15, -0.1) is 0 Å². The number of pyridine rings is 1. The van der Waals surface area contributed by atoms with Crippen molar-refractivity contribution in [2.24, 2.45) is 0 Å². The van der Waals surface area contributed by atoms with Gasteiger partial charge in [-0.1, -0.05) is 18.2 Å². The maximum absolute atomic E-state index is 12.3. The molecule has 3 rings (SSSR count). The van der Waals surface area contributed by atoms with Crippen molar-refractivity contribution in [3.05, 3.63) is 59.4 Å². The molecule has 2 aromatic rings. The van der Waals surface area contributed by atoms with E-state index in [0.717, 1.165) is 11.1 Å². The highest BCUT2D eigenvalue weighted by Crippen LogP contribution is 2.22. The first-order valence-electron chi connectivity index (χ1n) is 7.68. The fourth-order valence-electron chi connectivity index (χ4n) is 2.75. The van der Waals surface area contributed by atoms with E-state index in [1.807, 2.05) is 30.3 Å². The van der Waals surface area contributed by atoms with E-state index in [1.54, 1.807) is 11.1 Å². The molecular weight excluding hydrogens is 308 g/mol. The summed E-state index contributed by atoms with van der Waals surface area (Å²) in [4.78, 5) is 29.9. The number of para-hydroxylation sites is 1. The number of ether oxygens (including phenoxy) is 2. The predicted molar refractivity (Wildman–Crippen MR) is 86.6 cm³/mol. The Bertz CT molecular complexity index is 746. The Morgan fingerprint density at radius 1 is 1.21 bits per heavy atom. The number of hydrogen-bond donors (Lipinski definition) is 0. The van der Waals surface area contributed by atoms with Gasteiger partial charge in [0.2, 0.25) is 0 Å². The van der Waals surface area contributed by atoms with E-state index < -0.39 is 5.97 Å². The quantitative estimate of drug-likeness (QED) is 0.802. The first-order valence-corrected chi connectivity index (χ1v) is 7.68. The van der Waals surface area contributed by atoms with Gasteiger partial charge >= 0.3 is 5.97 Å². The lowest BCUT2D eigenvalue weighted by molar-refractivity contribution is -0.134. The Hall–Kier alpha value is -2.89. The van der Waals surface area contributed by atoms with Gasteiger partial charge in [0.1, 0.15) is 5.75 Å². The van der Waals surface area contributed by atoms with Gasteiger partial charge in [-0.05, 0) is 29.7 Å². The van der Waals surface area contributed by atoms with Gasteiger partial charge in [0.15, 0.2) is 6.61 Å². The molecule has 0 unspecified atom stereocenters. The number of esters is 1. The van der Waals surface area contributed by atoms with Crippen LogP contribution in [0.1, 0.15) is 21.5 Å². The summed E-state index contributed by atoms with van der Waals surface area (Å²) >= 11 is 0. The number of methoxy groups -OCH3 is 1. The summed E-state index contributed by atoms with van der Waals surface area (Å²) < 4.78 is 10.3. The number of fused-ring (bicyclic) bond motifs is 1. The molecule has 1 aromatic heterocycles. The predicted octanol–water partition coefficient (Wildman–Crippen LogP) is 1.83. The zero-order valence-corrected chi connectivity index (χ0v) is 13.4. The minimum absolute atomic E-state index is 0.0104. The van der Waals surface area contributed by atoms with Gasteiger partial charge in [0.25, 0.3) is 5.91 Å². The van der Waals surface area contributed by atoms with E-state index in [0.29, 0.717) is 30.8 Å². The van der Waals surface area contributed by atoms with Gasteiger partial charge in [-0.2, -0.15) is 0 Å². The minimum Gasteiger partial charge on any atom is -0.484 e. The lowest BCUT2D eigenvalue weighted by atomic mass is 9.97. The van der Waals surface area contributed by atoms with Crippen LogP contribution in [0.25, 0.3) is 0 Å². The third-order valence-electron chi connectivity index (χ3n) is 4.00. The molecule has 0 aliphatic carbocycles. The molecule has 0 bridgehead atoms. The zero-order chi connectivity index (χ0) is 16.9. The van der Waals surface area contributed by atoms with Crippen LogP contribution in [0, 0.1) is 0 Å². The highest BCUT2D eigenvalue weighted by atomic mass is 16.5. The average molecular weight is 326 g/mol. The smallest absolute Gasteiger partial charge is 0.339 e. The molecule has 124 valence electrons. The van der Waals surface area contributed by atoms with Gasteiger partial charge in [-0.3, -0.25) is 9.78 Å². The normalized spacial score (nSPS) is 13.1. The molecule has 1 aliphatic rings. The molecular formula is C18H18N2O4. The third-order valence-corrected chi connectivity index (χ3v) is 4.00. The van der Waals surface area contributed by atoms with E-state index in [1.165, 1.54) is 13.3 Å². The van der Waals surface area contributed by atoms with Crippen molar-refractivity contribution in [3.8, 4) is 5.75 Å². The molecule has 1 amide bonds. The van der Waals surface area contributed by atoms with Crippen molar-refractivity contribution in [1.82, 2.24) is 9.88 Å². The SMILES string of the molecule is COC(=O)c1cncc2c1CCN(C(=O)COc1ccccc1)C2. The second-order valence-corrected chi connectivity index (χ2v) is 5.48. The second-order valence-electron chi connectivity index (χ2n) is 5.48. The third kappa shape index (κ3) is 3.37. The Morgan fingerprint density at radius 2 is 2.00 bits per heavy atom. The second kappa shape index (κ2) is 7.12. The Labute approximate surface area is 140 Å². The molecule has 0 N–H and O–H groups in total. The molecule has 1 aromatic carbocycles. The number of benzene rings is 1. The Morgan fingerprint density at radius 3 is 2.75 bits per heavy atom. The van der Waals surface area contributed by atoms with Crippen molar-refractivity contribution >= 4 is 11.9 Å². The molecule has 0 saturated heterocycles. The molecule has 0 radical (unpaired) electrons. The molecule has 0 fully saturated rings. The van der Waals surface area contributed by atoms with Crippen LogP contribution in [0.4, 0.5) is 0 Å². The minimum atomic E-state index is -0.397. The van der Waals surface area contributed by atoms with E-state index >= 15 is 0 Å². The maximum Gasteiger partial charge on any atom is 0.339 e. The number of aromatic nitrogens is 1. The number of carbonyl (C=O) groups is 2. The molecule has 0 spiro atoms. The highest BCUT2D eigenvalue weighted by Gasteiger charge is 2.25. The fourth-order valence-corrected chi connectivity index (χ4v) is 2.75. The van der Waals surface area contributed by atoms with Crippen molar-refractivity contribution in [3.63, 3.8) is 0 Å². The van der Waals surface area contributed by atoms with Gasteiger partial charge in [0, 0.05) is 25.5 Å². The van der Waals surface area contributed by atoms with Crippen LogP contribution in [0.2, 0.25) is 0 Å². The van der Waals surface area contributed by atoms with Gasteiger partial charge in [0.05, 0.1) is 12.7 Å². The fraction of sp³-hybridized carbons (Fsp3) is 0.278. The van der Waals surface area contributed by atoms with Crippen molar-refractivity contribution in [2.45, 2.75) is 13.0 Å². The van der Waals surface area contributed by atoms with Crippen LogP contribution in [0.5, 0.6) is 5.75 Å². The summed E-state index contributed by atoms with van der Waals surface area (Å²) in [6, 6.07) is 9.23. The largest absolute Gasteiger partial charge is 0.484 e. The van der Waals surface area contributed by atoms with Gasteiger partial charge < -0.3 is 14.4 Å². The Balaban J connectivity index is 1.66. The van der Waals surface area contributed by atoms with Crippen molar-refractivity contribution in [2.75, 3.05) is 20.3 Å². The molecule has 24 heavy (non-hydrogen) atoms. The number of rotatable bonds is 4. The topological polar surface area (TPSA) is 68.7 Å². The average Bonchev–Trinajstić information content (AvgIpc) is 2.65. The van der Waals surface area contributed by atoms with Crippen molar-refractivity contribution < 1.29 is 19.1 Å². The molecule has 0 atom stereocenters. The summed E-state index contributed by atoms with van der Waals surface area (Å²) in [7, 11) is 1.35. The Kier molecular flexibility index (Phi) is 4.74. The van der Waals surface area contributed by atoms with Crippen LogP contribution in [-0.4, -0.2) is 42.0 Å². The zero-order valence-electron chi connectivity index (χ0n) is 13.4. The number of nitrogens with zero attached hydrogens (tertiary/aromatic N) is 2. The summed E-state index contributed by atoms with van der Waals surface area (Å²) in [5.41, 5.74) is 2.25. The number of carbonyl (C=O) groups excluding carboxylic acids is 2. The monoisotopic (exact) mass is 326 g/mol. The summed E-state index contributed by atoms with van der Waals surface area (Å²) in [5.74, 6) is 0.178. The maximum atomic E-state index is 12.3. The highest BCUT2D eigenvalue weighted by molar-refractivity contribution is 5.91. The lowest BCUT2D eigenvalue weighted by Gasteiger charge is -2.29. The van der Waals surface area contributed by atoms with E-state index in [9.17, 15) is 9.59 Å². The van der Waals surface area contributed by atoms with Crippen LogP contribution in [-0.2, 0) is 22.5 Å². The van der Waals surface area contributed by atoms with Crippen LogP contribution >= 0.6 is 0 Å². The van der Waals surface area contributed by atoms with E-state index in [2.05, 4.69) is 4.98 Å². The summed E-state index contributed by atoms with van der Waals surface area (Å²) in [6.07, 6.45) is 3.80. The first-order chi connectivity index (χ1) is 11.7. The van der Waals surface area contributed by atoms with Gasteiger partial charge in [-0.25, -0.2) is 4.79 Å². The lowest BCUT2D eigenvalue weighted by Crippen LogP contribution is -2.39. The molecule has 6 nitrogen and oxygen atoms in total. The number of amides is 1. The van der Waals surface area contributed by atoms with Crippen LogP contribution in [0.15, 0.2) is 42.7 Å². The standard InChI is InChI=1S/C18H18N2O4/c1-23-18(22)16-10-19-9-13-11-20(8-7-15(13)16)17(21)12-24-14-5-3-2-4-6-14/h2-6,9-10H,7-8,11-12H2,1H3. The molecule has 0 saturated carbocycles. The first kappa shape index (κ1) is 16.0. The molecule has 6 heteroatoms.